The van der Waals surface area contributed by atoms with E-state index < -0.39 is 0 Å². The van der Waals surface area contributed by atoms with Gasteiger partial charge in [-0.2, -0.15) is 0 Å². The quantitative estimate of drug-likeness (QED) is 0.130. The second-order valence-corrected chi connectivity index (χ2v) is 6.72. The zero-order chi connectivity index (χ0) is 20.0. The molecule has 0 N–H and O–H groups in total. The van der Waals surface area contributed by atoms with Gasteiger partial charge in [0.05, 0.1) is 6.10 Å². The van der Waals surface area contributed by atoms with Crippen molar-refractivity contribution in [2.24, 2.45) is 0 Å². The van der Waals surface area contributed by atoms with Crippen molar-refractivity contribution in [3.8, 4) is 0 Å². The van der Waals surface area contributed by atoms with Gasteiger partial charge in [-0.1, -0.05) is 112 Å². The maximum absolute atomic E-state index is 11.3. The summed E-state index contributed by atoms with van der Waals surface area (Å²) in [6, 6.07) is 0. The van der Waals surface area contributed by atoms with Gasteiger partial charge in [0, 0.05) is 6.08 Å². The van der Waals surface area contributed by atoms with Gasteiger partial charge in [0.1, 0.15) is 0 Å². The van der Waals surface area contributed by atoms with Crippen molar-refractivity contribution in [1.82, 2.24) is 0 Å². The first-order chi connectivity index (χ1) is 13.2. The molecule has 0 saturated heterocycles. The lowest BCUT2D eigenvalue weighted by molar-refractivity contribution is -0.141. The Hall–Kier alpha value is -2.09. The summed E-state index contributed by atoms with van der Waals surface area (Å²) in [6.45, 7) is 5.92. The van der Waals surface area contributed by atoms with Gasteiger partial charge < -0.3 is 4.74 Å². The predicted molar refractivity (Wildman–Crippen MR) is 119 cm³/mol. The highest BCUT2D eigenvalue weighted by molar-refractivity contribution is 5.82. The van der Waals surface area contributed by atoms with Crippen molar-refractivity contribution in [1.29, 1.82) is 0 Å². The van der Waals surface area contributed by atoms with Crippen molar-refractivity contribution >= 4 is 5.97 Å². The molecule has 150 valence electrons. The number of carbonyl (C=O) groups excluding carboxylic acids is 1. The average molecular weight is 371 g/mol. The van der Waals surface area contributed by atoms with E-state index in [1.165, 1.54) is 57.4 Å². The number of carbonyl (C=O) groups is 1. The molecule has 0 amide bonds. The molecule has 27 heavy (non-hydrogen) atoms. The summed E-state index contributed by atoms with van der Waals surface area (Å²) in [5.74, 6) is -0.316. The number of hydrogen-bond acceptors (Lipinski definition) is 2. The largest absolute Gasteiger partial charge is 0.460 e. The van der Waals surface area contributed by atoms with Crippen LogP contribution in [0.2, 0.25) is 0 Å². The first-order valence-electron chi connectivity index (χ1n) is 10.4. The van der Waals surface area contributed by atoms with Crippen molar-refractivity contribution in [3.05, 3.63) is 72.9 Å². The lowest BCUT2D eigenvalue weighted by atomic mass is 10.1. The fourth-order valence-corrected chi connectivity index (χ4v) is 2.31. The molecule has 0 heterocycles. The molecule has 0 atom stereocenters. The molecule has 2 nitrogen and oxygen atoms in total. The van der Waals surface area contributed by atoms with E-state index in [1.807, 2.05) is 50.3 Å². The average Bonchev–Trinajstić information content (AvgIpc) is 2.63. The third-order valence-corrected chi connectivity index (χ3v) is 3.69. The van der Waals surface area contributed by atoms with Gasteiger partial charge in [-0.05, 0) is 26.7 Å². The maximum atomic E-state index is 11.3. The second kappa shape index (κ2) is 20.2. The zero-order valence-corrected chi connectivity index (χ0v) is 17.5. The van der Waals surface area contributed by atoms with Crippen LogP contribution in [0.5, 0.6) is 0 Å². The summed E-state index contributed by atoms with van der Waals surface area (Å²) in [5.41, 5.74) is 0. The Morgan fingerprint density at radius 1 is 0.704 bits per heavy atom. The minimum atomic E-state index is -0.316. The van der Waals surface area contributed by atoms with Gasteiger partial charge in [0.15, 0.2) is 0 Å². The fourth-order valence-electron chi connectivity index (χ4n) is 2.31. The number of allylic oxidation sites excluding steroid dienone is 11. The molecule has 0 fully saturated rings. The third-order valence-electron chi connectivity index (χ3n) is 3.69. The molecule has 0 aliphatic carbocycles. The molecule has 0 saturated carbocycles. The molecule has 0 aliphatic rings. The van der Waals surface area contributed by atoms with E-state index in [9.17, 15) is 4.79 Å². The fraction of sp³-hybridized carbons (Fsp3) is 0.480. The topological polar surface area (TPSA) is 26.3 Å². The van der Waals surface area contributed by atoms with E-state index >= 15 is 0 Å². The van der Waals surface area contributed by atoms with Gasteiger partial charge in [-0.15, -0.1) is 0 Å². The third kappa shape index (κ3) is 21.9. The summed E-state index contributed by atoms with van der Waals surface area (Å²) in [7, 11) is 0. The van der Waals surface area contributed by atoms with Gasteiger partial charge in [-0.3, -0.25) is 0 Å². The molecule has 0 radical (unpaired) electrons. The summed E-state index contributed by atoms with van der Waals surface area (Å²) in [5, 5.41) is 0. The summed E-state index contributed by atoms with van der Waals surface area (Å²) in [4.78, 5) is 11.3. The van der Waals surface area contributed by atoms with Crippen LogP contribution in [-0.4, -0.2) is 12.1 Å². The number of rotatable bonds is 15. The summed E-state index contributed by atoms with van der Waals surface area (Å²) >= 11 is 0. The van der Waals surface area contributed by atoms with E-state index in [2.05, 4.69) is 25.2 Å². The Morgan fingerprint density at radius 3 is 1.74 bits per heavy atom. The van der Waals surface area contributed by atoms with Crippen molar-refractivity contribution in [2.75, 3.05) is 0 Å². The normalized spacial score (nSPS) is 13.0. The van der Waals surface area contributed by atoms with Gasteiger partial charge in [0.2, 0.25) is 0 Å². The number of unbranched alkanes of at least 4 members (excludes halogenated alkanes) is 7. The van der Waals surface area contributed by atoms with Crippen molar-refractivity contribution < 1.29 is 9.53 Å². The Kier molecular flexibility index (Phi) is 18.7. The van der Waals surface area contributed by atoms with Crippen LogP contribution in [0.15, 0.2) is 72.9 Å². The lowest BCUT2D eigenvalue weighted by Crippen LogP contribution is -2.08. The Labute approximate surface area is 167 Å². The van der Waals surface area contributed by atoms with Crippen LogP contribution < -0.4 is 0 Å². The minimum Gasteiger partial charge on any atom is -0.460 e. The van der Waals surface area contributed by atoms with Gasteiger partial charge in [-0.25, -0.2) is 4.79 Å². The summed E-state index contributed by atoms with van der Waals surface area (Å²) < 4.78 is 4.99. The highest BCUT2D eigenvalue weighted by Crippen LogP contribution is 2.08. The van der Waals surface area contributed by atoms with Crippen LogP contribution in [0.25, 0.3) is 0 Å². The Bertz CT molecular complexity index is 516. The van der Waals surface area contributed by atoms with Gasteiger partial charge in [0.25, 0.3) is 0 Å². The number of ether oxygens (including phenoxy) is 1. The van der Waals surface area contributed by atoms with E-state index in [0.29, 0.717) is 0 Å². The number of hydrogen-bond donors (Lipinski definition) is 0. The summed E-state index contributed by atoms with van der Waals surface area (Å²) in [6.07, 6.45) is 33.7. The van der Waals surface area contributed by atoms with Crippen LogP contribution in [0, 0.1) is 0 Å². The molecule has 0 bridgehead atoms. The molecule has 2 heteroatoms. The Morgan fingerprint density at radius 2 is 1.19 bits per heavy atom. The first kappa shape index (κ1) is 24.9. The molecule has 0 aliphatic heterocycles. The minimum absolute atomic E-state index is 0.0839. The maximum Gasteiger partial charge on any atom is 0.330 e. The molecular formula is C25H38O2. The smallest absolute Gasteiger partial charge is 0.330 e. The van der Waals surface area contributed by atoms with Crippen LogP contribution >= 0.6 is 0 Å². The first-order valence-corrected chi connectivity index (χ1v) is 10.4. The molecular weight excluding hydrogens is 332 g/mol. The molecule has 0 aromatic carbocycles. The molecule has 0 spiro atoms. The van der Waals surface area contributed by atoms with E-state index in [-0.39, 0.29) is 12.1 Å². The molecule has 0 aromatic rings. The van der Waals surface area contributed by atoms with E-state index in [1.54, 1.807) is 12.2 Å². The highest BCUT2D eigenvalue weighted by atomic mass is 16.5. The van der Waals surface area contributed by atoms with Crippen LogP contribution in [0.1, 0.15) is 72.1 Å². The standard InChI is InChI=1S/C25H38O2/c1-4-5-6-7-8-9-10-11-12-13-14-15-16-17-18-19-20-21-22-23-25(26)27-24(2)3/h12-24H,4-11H2,1-3H3/b13-12+,15-14+,17-16+,19-18+,21-20+,23-22+. The molecule has 0 unspecified atom stereocenters. The van der Waals surface area contributed by atoms with Crippen LogP contribution in [0.4, 0.5) is 0 Å². The van der Waals surface area contributed by atoms with Crippen LogP contribution in [-0.2, 0) is 9.53 Å². The van der Waals surface area contributed by atoms with Crippen molar-refractivity contribution in [2.45, 2.75) is 78.2 Å². The predicted octanol–water partition coefficient (Wildman–Crippen LogP) is 7.42. The van der Waals surface area contributed by atoms with Gasteiger partial charge >= 0.3 is 5.97 Å². The highest BCUT2D eigenvalue weighted by Gasteiger charge is 1.97. The second-order valence-electron chi connectivity index (χ2n) is 6.72. The zero-order valence-electron chi connectivity index (χ0n) is 17.5. The lowest BCUT2D eigenvalue weighted by Gasteiger charge is -2.03. The monoisotopic (exact) mass is 370 g/mol. The number of esters is 1. The van der Waals surface area contributed by atoms with Crippen LogP contribution in [0.3, 0.4) is 0 Å². The van der Waals surface area contributed by atoms with Crippen molar-refractivity contribution in [3.63, 3.8) is 0 Å². The SMILES string of the molecule is CCCCCCCCC/C=C/C=C/C=C/C=C/C=C/C=C/C(=O)OC(C)C. The Balaban J connectivity index is 3.68. The molecule has 0 aromatic heterocycles. The van der Waals surface area contributed by atoms with E-state index in [4.69, 9.17) is 4.74 Å². The van der Waals surface area contributed by atoms with E-state index in [0.717, 1.165) is 0 Å². The molecule has 0 rings (SSSR count).